The molecule has 0 bridgehead atoms. The second kappa shape index (κ2) is 14.8. The SMILES string of the molecule is Br.CCCCNC(=O)C(CCc1ccccc1)N[C@@H](C)C(=O)N(CC(=O)O)C1Cc2ccccc2C1. The predicted octanol–water partition coefficient (Wildman–Crippen LogP) is 3.54. The number of carboxylic acid groups (broad SMARTS) is 1. The first kappa shape index (κ1) is 29.5. The van der Waals surface area contributed by atoms with Gasteiger partial charge in [0.1, 0.15) is 6.54 Å². The van der Waals surface area contributed by atoms with Crippen molar-refractivity contribution in [1.82, 2.24) is 15.5 Å². The molecule has 196 valence electrons. The number of nitrogens with zero attached hydrogens (tertiary/aromatic N) is 1. The molecular formula is C28H38BrN3O4. The monoisotopic (exact) mass is 559 g/mol. The number of fused-ring (bicyclic) bond motifs is 1. The Balaban J connectivity index is 0.00000456. The summed E-state index contributed by atoms with van der Waals surface area (Å²) in [5, 5.41) is 15.7. The number of hydrogen-bond donors (Lipinski definition) is 3. The van der Waals surface area contributed by atoms with Crippen molar-refractivity contribution in [3.05, 3.63) is 71.3 Å². The van der Waals surface area contributed by atoms with Crippen molar-refractivity contribution >= 4 is 34.8 Å². The van der Waals surface area contributed by atoms with E-state index in [1.165, 1.54) is 4.90 Å². The minimum absolute atomic E-state index is 0. The third-order valence-corrected chi connectivity index (χ3v) is 6.59. The molecule has 2 aromatic carbocycles. The summed E-state index contributed by atoms with van der Waals surface area (Å²) in [5.74, 6) is -1.47. The average molecular weight is 561 g/mol. The molecule has 2 atom stereocenters. The van der Waals surface area contributed by atoms with Crippen molar-refractivity contribution in [3.8, 4) is 0 Å². The maximum Gasteiger partial charge on any atom is 0.323 e. The molecule has 0 fully saturated rings. The summed E-state index contributed by atoms with van der Waals surface area (Å²) in [6.07, 6.45) is 4.37. The van der Waals surface area contributed by atoms with E-state index >= 15 is 0 Å². The van der Waals surface area contributed by atoms with Crippen molar-refractivity contribution in [3.63, 3.8) is 0 Å². The molecule has 3 rings (SSSR count). The van der Waals surface area contributed by atoms with Gasteiger partial charge in [0.05, 0.1) is 12.1 Å². The second-order valence-electron chi connectivity index (χ2n) is 9.30. The Labute approximate surface area is 224 Å². The molecule has 3 N–H and O–H groups in total. The van der Waals surface area contributed by atoms with Crippen LogP contribution in [0.4, 0.5) is 0 Å². The molecule has 0 spiro atoms. The van der Waals surface area contributed by atoms with Crippen LogP contribution in [0.5, 0.6) is 0 Å². The predicted molar refractivity (Wildman–Crippen MR) is 146 cm³/mol. The number of hydrogen-bond acceptors (Lipinski definition) is 4. The second-order valence-corrected chi connectivity index (χ2v) is 9.30. The zero-order chi connectivity index (χ0) is 25.2. The fourth-order valence-corrected chi connectivity index (χ4v) is 4.67. The van der Waals surface area contributed by atoms with Gasteiger partial charge in [-0.2, -0.15) is 0 Å². The first-order chi connectivity index (χ1) is 16.9. The number of halogens is 1. The fourth-order valence-electron chi connectivity index (χ4n) is 4.67. The Kier molecular flexibility index (Phi) is 12.1. The van der Waals surface area contributed by atoms with Gasteiger partial charge in [0.2, 0.25) is 11.8 Å². The molecule has 0 radical (unpaired) electrons. The zero-order valence-corrected chi connectivity index (χ0v) is 22.8. The van der Waals surface area contributed by atoms with Gasteiger partial charge in [-0.1, -0.05) is 67.9 Å². The van der Waals surface area contributed by atoms with Gasteiger partial charge in [0, 0.05) is 12.6 Å². The standard InChI is InChI=1S/C28H37N3O4.BrH/c1-3-4-16-29-27(34)25(15-14-21-10-6-5-7-11-21)30-20(2)28(35)31(19-26(32)33)24-17-22-12-8-9-13-23(22)18-24;/h5-13,20,24-25,30H,3-4,14-19H2,1-2H3,(H,29,34)(H,32,33);1H/t20-,25?;/m0./s1. The molecule has 2 amide bonds. The van der Waals surface area contributed by atoms with Crippen LogP contribution < -0.4 is 10.6 Å². The number of unbranched alkanes of at least 4 members (excludes halogenated alkanes) is 1. The molecule has 1 unspecified atom stereocenters. The van der Waals surface area contributed by atoms with Crippen LogP contribution >= 0.6 is 17.0 Å². The Morgan fingerprint density at radius 3 is 2.22 bits per heavy atom. The zero-order valence-electron chi connectivity index (χ0n) is 21.1. The van der Waals surface area contributed by atoms with Crippen LogP contribution in [0.1, 0.15) is 49.8 Å². The summed E-state index contributed by atoms with van der Waals surface area (Å²) in [5.41, 5.74) is 3.42. The maximum absolute atomic E-state index is 13.5. The summed E-state index contributed by atoms with van der Waals surface area (Å²) in [4.78, 5) is 39.5. The molecule has 7 nitrogen and oxygen atoms in total. The van der Waals surface area contributed by atoms with E-state index in [2.05, 4.69) is 17.6 Å². The number of rotatable bonds is 13. The van der Waals surface area contributed by atoms with Gasteiger partial charge in [-0.05, 0) is 55.7 Å². The molecular weight excluding hydrogens is 522 g/mol. The summed E-state index contributed by atoms with van der Waals surface area (Å²) in [6, 6.07) is 16.4. The summed E-state index contributed by atoms with van der Waals surface area (Å²) in [6.45, 7) is 4.01. The van der Waals surface area contributed by atoms with Crippen molar-refractivity contribution < 1.29 is 19.5 Å². The minimum atomic E-state index is -1.04. The van der Waals surface area contributed by atoms with Gasteiger partial charge >= 0.3 is 5.97 Å². The largest absolute Gasteiger partial charge is 0.480 e. The first-order valence-electron chi connectivity index (χ1n) is 12.6. The highest BCUT2D eigenvalue weighted by molar-refractivity contribution is 8.93. The van der Waals surface area contributed by atoms with E-state index in [4.69, 9.17) is 0 Å². The van der Waals surface area contributed by atoms with E-state index in [0.29, 0.717) is 32.2 Å². The number of carboxylic acids is 1. The van der Waals surface area contributed by atoms with Crippen LogP contribution in [-0.4, -0.2) is 59.0 Å². The number of benzene rings is 2. The normalized spacial score (nSPS) is 14.3. The highest BCUT2D eigenvalue weighted by Crippen LogP contribution is 2.26. The average Bonchev–Trinajstić information content (AvgIpc) is 3.29. The minimum Gasteiger partial charge on any atom is -0.480 e. The van der Waals surface area contributed by atoms with Crippen LogP contribution in [0.2, 0.25) is 0 Å². The lowest BCUT2D eigenvalue weighted by Gasteiger charge is -2.31. The highest BCUT2D eigenvalue weighted by atomic mass is 79.9. The molecule has 36 heavy (non-hydrogen) atoms. The third-order valence-electron chi connectivity index (χ3n) is 6.59. The third kappa shape index (κ3) is 8.45. The van der Waals surface area contributed by atoms with Crippen molar-refractivity contribution in [2.24, 2.45) is 0 Å². The number of amides is 2. The molecule has 1 aliphatic carbocycles. The lowest BCUT2D eigenvalue weighted by atomic mass is 10.0. The smallest absolute Gasteiger partial charge is 0.323 e. The molecule has 0 saturated heterocycles. The topological polar surface area (TPSA) is 98.7 Å². The molecule has 0 aromatic heterocycles. The van der Waals surface area contributed by atoms with E-state index in [1.807, 2.05) is 54.6 Å². The molecule has 0 heterocycles. The van der Waals surface area contributed by atoms with Gasteiger partial charge in [-0.15, -0.1) is 17.0 Å². The molecule has 1 aliphatic rings. The van der Waals surface area contributed by atoms with Gasteiger partial charge in [-0.3, -0.25) is 19.7 Å². The lowest BCUT2D eigenvalue weighted by molar-refractivity contribution is -0.147. The lowest BCUT2D eigenvalue weighted by Crippen LogP contribution is -2.56. The number of aryl methyl sites for hydroxylation is 1. The van der Waals surface area contributed by atoms with Crippen LogP contribution in [-0.2, 0) is 33.6 Å². The summed E-state index contributed by atoms with van der Waals surface area (Å²) < 4.78 is 0. The van der Waals surface area contributed by atoms with Crippen molar-refractivity contribution in [1.29, 1.82) is 0 Å². The Morgan fingerprint density at radius 1 is 1.03 bits per heavy atom. The van der Waals surface area contributed by atoms with E-state index in [0.717, 1.165) is 29.5 Å². The molecule has 0 saturated carbocycles. The number of carbonyl (C=O) groups is 3. The van der Waals surface area contributed by atoms with E-state index in [9.17, 15) is 19.5 Å². The van der Waals surface area contributed by atoms with Crippen LogP contribution in [0.25, 0.3) is 0 Å². The number of nitrogens with one attached hydrogen (secondary N) is 2. The van der Waals surface area contributed by atoms with E-state index in [-0.39, 0.29) is 41.4 Å². The van der Waals surface area contributed by atoms with Crippen LogP contribution in [0, 0.1) is 0 Å². The Hall–Kier alpha value is -2.71. The van der Waals surface area contributed by atoms with Gasteiger partial charge in [0.15, 0.2) is 0 Å². The number of aliphatic carboxylic acids is 1. The maximum atomic E-state index is 13.5. The molecule has 0 aliphatic heterocycles. The van der Waals surface area contributed by atoms with Crippen molar-refractivity contribution in [2.45, 2.75) is 70.5 Å². The summed E-state index contributed by atoms with van der Waals surface area (Å²) in [7, 11) is 0. The summed E-state index contributed by atoms with van der Waals surface area (Å²) >= 11 is 0. The number of carbonyl (C=O) groups excluding carboxylic acids is 2. The first-order valence-corrected chi connectivity index (χ1v) is 12.6. The molecule has 2 aromatic rings. The van der Waals surface area contributed by atoms with Crippen LogP contribution in [0.3, 0.4) is 0 Å². The van der Waals surface area contributed by atoms with Gasteiger partial charge < -0.3 is 15.3 Å². The van der Waals surface area contributed by atoms with Gasteiger partial charge in [0.25, 0.3) is 0 Å². The fraction of sp³-hybridized carbons (Fsp3) is 0.464. The quantitative estimate of drug-likeness (QED) is 0.326. The van der Waals surface area contributed by atoms with E-state index < -0.39 is 18.1 Å². The Morgan fingerprint density at radius 2 is 1.64 bits per heavy atom. The highest BCUT2D eigenvalue weighted by Gasteiger charge is 2.34. The van der Waals surface area contributed by atoms with Crippen LogP contribution in [0.15, 0.2) is 54.6 Å². The van der Waals surface area contributed by atoms with E-state index in [1.54, 1.807) is 6.92 Å². The molecule has 8 heteroatoms. The van der Waals surface area contributed by atoms with Gasteiger partial charge in [-0.25, -0.2) is 0 Å². The van der Waals surface area contributed by atoms with Crippen molar-refractivity contribution in [2.75, 3.05) is 13.1 Å². The Bertz CT molecular complexity index is 976.